The fraction of sp³-hybridized carbons (Fsp3) is 0.483. The molecule has 2 aromatic carbocycles. The summed E-state index contributed by atoms with van der Waals surface area (Å²) in [6.45, 7) is 12.3. The molecule has 8 nitrogen and oxygen atoms in total. The van der Waals surface area contributed by atoms with Crippen LogP contribution in [0, 0.1) is 12.8 Å². The number of β-amino-alcohol motifs (C(OH)–C–C–N with tert-alkyl or cyclic N) is 1. The van der Waals surface area contributed by atoms with E-state index >= 15 is 0 Å². The van der Waals surface area contributed by atoms with Crippen molar-refractivity contribution in [3.63, 3.8) is 0 Å². The van der Waals surface area contributed by atoms with Crippen LogP contribution in [0.3, 0.4) is 0 Å². The number of morpholine rings is 1. The summed E-state index contributed by atoms with van der Waals surface area (Å²) in [5.41, 5.74) is 2.83. The first-order valence-corrected chi connectivity index (χ1v) is 13.1. The molecule has 37 heavy (non-hydrogen) atoms. The quantitative estimate of drug-likeness (QED) is 0.394. The molecule has 1 aliphatic rings. The van der Waals surface area contributed by atoms with Gasteiger partial charge in [-0.05, 0) is 37.1 Å². The average Bonchev–Trinajstić information content (AvgIpc) is 3.19. The van der Waals surface area contributed by atoms with E-state index in [1.165, 1.54) is 0 Å². The number of benzene rings is 2. The Hall–Kier alpha value is -2.91. The molecule has 1 fully saturated rings. The molecule has 0 radical (unpaired) electrons. The van der Waals surface area contributed by atoms with Crippen LogP contribution in [0.25, 0.3) is 5.69 Å². The minimum Gasteiger partial charge on any atom is -0.497 e. The summed E-state index contributed by atoms with van der Waals surface area (Å²) in [4.78, 5) is 4.59. The Balaban J connectivity index is 1.62. The monoisotopic (exact) mass is 508 g/mol. The number of aromatic nitrogens is 2. The maximum Gasteiger partial charge on any atom is 0.227 e. The predicted molar refractivity (Wildman–Crippen MR) is 145 cm³/mol. The summed E-state index contributed by atoms with van der Waals surface area (Å²) >= 11 is 0. The fourth-order valence-corrected chi connectivity index (χ4v) is 4.73. The van der Waals surface area contributed by atoms with Crippen molar-refractivity contribution in [2.75, 3.05) is 53.0 Å². The highest BCUT2D eigenvalue weighted by Gasteiger charge is 2.24. The van der Waals surface area contributed by atoms with Gasteiger partial charge in [-0.15, -0.1) is 0 Å². The Morgan fingerprint density at radius 2 is 1.76 bits per heavy atom. The van der Waals surface area contributed by atoms with Crippen molar-refractivity contribution in [2.24, 2.45) is 5.92 Å². The highest BCUT2D eigenvalue weighted by Crippen LogP contribution is 2.33. The van der Waals surface area contributed by atoms with Crippen LogP contribution in [0.4, 0.5) is 0 Å². The lowest BCUT2D eigenvalue weighted by atomic mass is 10.1. The lowest BCUT2D eigenvalue weighted by molar-refractivity contribution is 0.00533. The van der Waals surface area contributed by atoms with E-state index in [0.717, 1.165) is 55.5 Å². The summed E-state index contributed by atoms with van der Waals surface area (Å²) in [5.74, 6) is 2.53. The van der Waals surface area contributed by atoms with Crippen LogP contribution in [0.2, 0.25) is 0 Å². The van der Waals surface area contributed by atoms with E-state index in [0.29, 0.717) is 37.2 Å². The second kappa shape index (κ2) is 13.1. The van der Waals surface area contributed by atoms with E-state index in [1.54, 1.807) is 7.11 Å². The van der Waals surface area contributed by atoms with E-state index in [-0.39, 0.29) is 0 Å². The summed E-state index contributed by atoms with van der Waals surface area (Å²) in [5, 5.41) is 15.9. The first-order chi connectivity index (χ1) is 17.9. The van der Waals surface area contributed by atoms with Crippen molar-refractivity contribution in [1.29, 1.82) is 0 Å². The van der Waals surface area contributed by atoms with Crippen LogP contribution < -0.4 is 9.47 Å². The molecule has 3 aromatic rings. The van der Waals surface area contributed by atoms with Crippen molar-refractivity contribution < 1.29 is 19.3 Å². The number of methoxy groups -OCH3 is 1. The van der Waals surface area contributed by atoms with Gasteiger partial charge in [0.05, 0.1) is 43.4 Å². The van der Waals surface area contributed by atoms with Gasteiger partial charge >= 0.3 is 0 Å². The molecule has 200 valence electrons. The maximum absolute atomic E-state index is 11.0. The molecule has 0 bridgehead atoms. The average molecular weight is 509 g/mol. The molecule has 4 rings (SSSR count). The Morgan fingerprint density at radius 3 is 2.46 bits per heavy atom. The second-order valence-electron chi connectivity index (χ2n) is 10.1. The van der Waals surface area contributed by atoms with Crippen molar-refractivity contribution in [3.05, 3.63) is 65.9 Å². The molecule has 0 spiro atoms. The number of nitrogens with zero attached hydrogens (tertiary/aromatic N) is 4. The number of hydrogen-bond donors (Lipinski definition) is 1. The van der Waals surface area contributed by atoms with Gasteiger partial charge < -0.3 is 19.3 Å². The van der Waals surface area contributed by atoms with Crippen molar-refractivity contribution in [3.8, 4) is 23.1 Å². The van der Waals surface area contributed by atoms with E-state index in [4.69, 9.17) is 19.3 Å². The normalized spacial score (nSPS) is 15.3. The molecule has 1 saturated heterocycles. The van der Waals surface area contributed by atoms with Gasteiger partial charge in [0.2, 0.25) is 5.88 Å². The smallest absolute Gasteiger partial charge is 0.227 e. The van der Waals surface area contributed by atoms with Gasteiger partial charge in [0, 0.05) is 45.3 Å². The van der Waals surface area contributed by atoms with Gasteiger partial charge in [0.25, 0.3) is 0 Å². The topological polar surface area (TPSA) is 72.2 Å². The summed E-state index contributed by atoms with van der Waals surface area (Å²) in [6, 6.07) is 17.6. The van der Waals surface area contributed by atoms with Crippen molar-refractivity contribution >= 4 is 0 Å². The van der Waals surface area contributed by atoms with Crippen LogP contribution in [-0.2, 0) is 11.3 Å². The molecule has 0 unspecified atom stereocenters. The van der Waals surface area contributed by atoms with E-state index in [1.807, 2.05) is 66.2 Å². The van der Waals surface area contributed by atoms with Gasteiger partial charge in [0.15, 0.2) is 0 Å². The molecule has 1 aliphatic heterocycles. The number of rotatable bonds is 12. The maximum atomic E-state index is 11.0. The van der Waals surface area contributed by atoms with E-state index in [2.05, 4.69) is 23.6 Å². The fourth-order valence-electron chi connectivity index (χ4n) is 4.73. The third kappa shape index (κ3) is 7.55. The third-order valence-electron chi connectivity index (χ3n) is 6.44. The largest absolute Gasteiger partial charge is 0.497 e. The van der Waals surface area contributed by atoms with E-state index < -0.39 is 6.10 Å². The van der Waals surface area contributed by atoms with Gasteiger partial charge in [-0.1, -0.05) is 38.1 Å². The molecular formula is C29H40N4O4. The minimum absolute atomic E-state index is 0.447. The number of ether oxygens (including phenoxy) is 3. The van der Waals surface area contributed by atoms with Crippen molar-refractivity contribution in [1.82, 2.24) is 19.6 Å². The number of hydrogen-bond acceptors (Lipinski definition) is 7. The van der Waals surface area contributed by atoms with Gasteiger partial charge in [-0.2, -0.15) is 5.10 Å². The minimum atomic E-state index is -0.455. The van der Waals surface area contributed by atoms with E-state index in [9.17, 15) is 5.11 Å². The lowest BCUT2D eigenvalue weighted by Crippen LogP contribution is -2.45. The molecule has 1 N–H and O–H groups in total. The molecule has 1 aromatic heterocycles. The lowest BCUT2D eigenvalue weighted by Gasteiger charge is -2.31. The van der Waals surface area contributed by atoms with Gasteiger partial charge in [-0.25, -0.2) is 4.68 Å². The first-order valence-electron chi connectivity index (χ1n) is 13.1. The molecule has 0 saturated carbocycles. The Bertz CT molecular complexity index is 1110. The highest BCUT2D eigenvalue weighted by atomic mass is 16.5. The standard InChI is InChI=1S/C29H40N4O4/c1-22(2)18-32(20-25(34)19-31-13-15-36-16-14-31)21-28-23(3)30-33(24-9-6-5-7-10-24)29(28)37-27-12-8-11-26(17-27)35-4/h5-12,17,22,25,34H,13-16,18-21H2,1-4H3/t25-/m0/s1. The van der Waals surface area contributed by atoms with Crippen LogP contribution >= 0.6 is 0 Å². The molecule has 1 atom stereocenters. The number of aliphatic hydroxyl groups excluding tert-OH is 1. The second-order valence-corrected chi connectivity index (χ2v) is 10.1. The predicted octanol–water partition coefficient (Wildman–Crippen LogP) is 4.13. The summed E-state index contributed by atoms with van der Waals surface area (Å²) < 4.78 is 19.2. The van der Waals surface area contributed by atoms with Crippen LogP contribution in [0.5, 0.6) is 17.4 Å². The summed E-state index contributed by atoms with van der Waals surface area (Å²) in [6.07, 6.45) is -0.455. The number of aryl methyl sites for hydroxylation is 1. The van der Waals surface area contributed by atoms with Crippen LogP contribution in [0.15, 0.2) is 54.6 Å². The Labute approximate surface area is 220 Å². The molecule has 0 aliphatic carbocycles. The Morgan fingerprint density at radius 1 is 1.03 bits per heavy atom. The van der Waals surface area contributed by atoms with Crippen molar-refractivity contribution in [2.45, 2.75) is 33.4 Å². The Kier molecular flexibility index (Phi) is 9.57. The molecular weight excluding hydrogens is 468 g/mol. The summed E-state index contributed by atoms with van der Waals surface area (Å²) in [7, 11) is 1.65. The molecule has 8 heteroatoms. The van der Waals surface area contributed by atoms with Gasteiger partial charge in [-0.3, -0.25) is 9.80 Å². The molecule has 0 amide bonds. The SMILES string of the molecule is COc1cccc(Oc2c(CN(CC(C)C)C[C@@H](O)CN3CCOCC3)c(C)nn2-c2ccccc2)c1. The van der Waals surface area contributed by atoms with Gasteiger partial charge in [0.1, 0.15) is 11.5 Å². The zero-order chi connectivity index (χ0) is 26.2. The third-order valence-corrected chi connectivity index (χ3v) is 6.44. The zero-order valence-electron chi connectivity index (χ0n) is 22.5. The van der Waals surface area contributed by atoms with Crippen LogP contribution in [0.1, 0.15) is 25.1 Å². The first kappa shape index (κ1) is 27.1. The molecule has 2 heterocycles. The number of aliphatic hydroxyl groups is 1. The zero-order valence-corrected chi connectivity index (χ0v) is 22.5. The van der Waals surface area contributed by atoms with Crippen LogP contribution in [-0.4, -0.2) is 83.8 Å². The number of para-hydroxylation sites is 1. The highest BCUT2D eigenvalue weighted by molar-refractivity contribution is 5.44.